The van der Waals surface area contributed by atoms with E-state index >= 15 is 0 Å². The van der Waals surface area contributed by atoms with Gasteiger partial charge in [0.05, 0.1) is 5.02 Å². The first-order chi connectivity index (χ1) is 7.25. The fraction of sp³-hybridized carbons (Fsp3) is 0.0833. The van der Waals surface area contributed by atoms with Crippen molar-refractivity contribution in [2.45, 2.75) is 6.42 Å². The molecule has 0 atom stereocenters. The molecule has 0 spiro atoms. The second kappa shape index (κ2) is 4.32. The minimum atomic E-state index is 0.121. The Morgan fingerprint density at radius 1 is 1.07 bits per heavy atom. The summed E-state index contributed by atoms with van der Waals surface area (Å²) < 4.78 is 0. The van der Waals surface area contributed by atoms with Gasteiger partial charge in [-0.3, -0.25) is 4.98 Å². The Bertz CT molecular complexity index is 456. The van der Waals surface area contributed by atoms with Gasteiger partial charge in [0.25, 0.3) is 0 Å². The van der Waals surface area contributed by atoms with E-state index < -0.39 is 0 Å². The largest absolute Gasteiger partial charge is 0.506 e. The molecule has 76 valence electrons. The number of phenolic OH excluding ortho intramolecular Hbond substituents is 1. The van der Waals surface area contributed by atoms with Crippen LogP contribution in [-0.2, 0) is 6.42 Å². The van der Waals surface area contributed by atoms with E-state index in [1.807, 2.05) is 18.2 Å². The van der Waals surface area contributed by atoms with Gasteiger partial charge in [-0.15, -0.1) is 0 Å². The first-order valence-corrected chi connectivity index (χ1v) is 5.00. The number of benzene rings is 1. The average molecular weight is 220 g/mol. The van der Waals surface area contributed by atoms with Gasteiger partial charge in [-0.2, -0.15) is 0 Å². The number of hydrogen-bond acceptors (Lipinski definition) is 2. The van der Waals surface area contributed by atoms with Gasteiger partial charge in [0, 0.05) is 12.4 Å². The van der Waals surface area contributed by atoms with Gasteiger partial charge in [-0.25, -0.2) is 0 Å². The summed E-state index contributed by atoms with van der Waals surface area (Å²) in [5, 5.41) is 9.66. The molecule has 0 radical (unpaired) electrons. The molecule has 1 aromatic heterocycles. The first-order valence-electron chi connectivity index (χ1n) is 4.62. The van der Waals surface area contributed by atoms with Crippen LogP contribution in [0.2, 0.25) is 5.02 Å². The summed E-state index contributed by atoms with van der Waals surface area (Å²) in [6.07, 6.45) is 4.32. The number of halogens is 1. The summed E-state index contributed by atoms with van der Waals surface area (Å²) in [4.78, 5) is 3.95. The van der Waals surface area contributed by atoms with Gasteiger partial charge < -0.3 is 5.11 Å². The van der Waals surface area contributed by atoms with E-state index in [0.29, 0.717) is 5.02 Å². The molecule has 1 aromatic carbocycles. The molecule has 2 rings (SSSR count). The zero-order valence-corrected chi connectivity index (χ0v) is 8.78. The Hall–Kier alpha value is -1.54. The molecule has 2 aromatic rings. The van der Waals surface area contributed by atoms with Crippen molar-refractivity contribution in [1.82, 2.24) is 4.98 Å². The Morgan fingerprint density at radius 2 is 1.80 bits per heavy atom. The molecule has 0 saturated heterocycles. The molecule has 2 nitrogen and oxygen atoms in total. The Kier molecular flexibility index (Phi) is 2.88. The van der Waals surface area contributed by atoms with Crippen LogP contribution in [0.3, 0.4) is 0 Å². The highest BCUT2D eigenvalue weighted by Crippen LogP contribution is 2.24. The van der Waals surface area contributed by atoms with Crippen molar-refractivity contribution < 1.29 is 5.11 Å². The van der Waals surface area contributed by atoms with Gasteiger partial charge in [-0.05, 0) is 41.8 Å². The molecule has 0 saturated carbocycles. The maximum Gasteiger partial charge on any atom is 0.134 e. The lowest BCUT2D eigenvalue weighted by atomic mass is 10.1. The quantitative estimate of drug-likeness (QED) is 0.842. The second-order valence-electron chi connectivity index (χ2n) is 3.32. The van der Waals surface area contributed by atoms with Gasteiger partial charge in [-0.1, -0.05) is 17.7 Å². The molecule has 0 bridgehead atoms. The lowest BCUT2D eigenvalue weighted by molar-refractivity contribution is 0.475. The third-order valence-corrected chi connectivity index (χ3v) is 2.47. The first kappa shape index (κ1) is 9.99. The molecule has 0 fully saturated rings. The minimum Gasteiger partial charge on any atom is -0.506 e. The topological polar surface area (TPSA) is 33.1 Å². The van der Waals surface area contributed by atoms with Crippen LogP contribution in [0.15, 0.2) is 42.7 Å². The van der Waals surface area contributed by atoms with Gasteiger partial charge in [0.2, 0.25) is 0 Å². The minimum absolute atomic E-state index is 0.121. The fourth-order valence-electron chi connectivity index (χ4n) is 1.40. The highest BCUT2D eigenvalue weighted by molar-refractivity contribution is 6.32. The fourth-order valence-corrected chi connectivity index (χ4v) is 1.60. The van der Waals surface area contributed by atoms with E-state index in [4.69, 9.17) is 11.6 Å². The SMILES string of the molecule is Oc1ccc(Cc2ccncc2)cc1Cl. The van der Waals surface area contributed by atoms with Gasteiger partial charge in [0.1, 0.15) is 5.75 Å². The zero-order chi connectivity index (χ0) is 10.7. The Labute approximate surface area is 93.2 Å². The van der Waals surface area contributed by atoms with Crippen LogP contribution in [0.4, 0.5) is 0 Å². The van der Waals surface area contributed by atoms with E-state index in [1.54, 1.807) is 24.5 Å². The van der Waals surface area contributed by atoms with Crippen LogP contribution in [-0.4, -0.2) is 10.1 Å². The standard InChI is InChI=1S/C12H10ClNO/c13-11-8-10(1-2-12(11)15)7-9-3-5-14-6-4-9/h1-6,8,15H,7H2. The Morgan fingerprint density at radius 3 is 2.47 bits per heavy atom. The molecule has 1 heterocycles. The van der Waals surface area contributed by atoms with E-state index in [0.717, 1.165) is 12.0 Å². The predicted molar refractivity (Wildman–Crippen MR) is 60.2 cm³/mol. The van der Waals surface area contributed by atoms with Crippen molar-refractivity contribution in [2.24, 2.45) is 0 Å². The third-order valence-electron chi connectivity index (χ3n) is 2.17. The molecule has 0 aliphatic rings. The lowest BCUT2D eigenvalue weighted by Gasteiger charge is -2.03. The third kappa shape index (κ3) is 2.48. The number of hydrogen-bond donors (Lipinski definition) is 1. The van der Waals surface area contributed by atoms with Crippen LogP contribution in [0.1, 0.15) is 11.1 Å². The summed E-state index contributed by atoms with van der Waals surface area (Å²) >= 11 is 5.82. The maximum atomic E-state index is 9.27. The summed E-state index contributed by atoms with van der Waals surface area (Å²) in [6, 6.07) is 9.17. The number of aromatic hydroxyl groups is 1. The summed E-state index contributed by atoms with van der Waals surface area (Å²) in [5.74, 6) is 0.121. The van der Waals surface area contributed by atoms with Crippen LogP contribution < -0.4 is 0 Å². The highest BCUT2D eigenvalue weighted by atomic mass is 35.5. The van der Waals surface area contributed by atoms with E-state index in [2.05, 4.69) is 4.98 Å². The molecule has 3 heteroatoms. The van der Waals surface area contributed by atoms with Crippen molar-refractivity contribution in [3.63, 3.8) is 0 Å². The predicted octanol–water partition coefficient (Wildman–Crippen LogP) is 3.03. The van der Waals surface area contributed by atoms with E-state index in [1.165, 1.54) is 5.56 Å². The van der Waals surface area contributed by atoms with Crippen molar-refractivity contribution in [2.75, 3.05) is 0 Å². The molecule has 0 aliphatic heterocycles. The Balaban J connectivity index is 2.22. The summed E-state index contributed by atoms with van der Waals surface area (Å²) in [7, 11) is 0. The molecule has 0 amide bonds. The van der Waals surface area contributed by atoms with Gasteiger partial charge in [0.15, 0.2) is 0 Å². The van der Waals surface area contributed by atoms with Gasteiger partial charge >= 0.3 is 0 Å². The zero-order valence-electron chi connectivity index (χ0n) is 8.02. The average Bonchev–Trinajstić information content (AvgIpc) is 2.25. The number of phenols is 1. The van der Waals surface area contributed by atoms with Crippen molar-refractivity contribution >= 4 is 11.6 Å². The summed E-state index contributed by atoms with van der Waals surface area (Å²) in [6.45, 7) is 0. The molecule has 0 unspecified atom stereocenters. The maximum absolute atomic E-state index is 9.27. The number of nitrogens with zero attached hydrogens (tertiary/aromatic N) is 1. The second-order valence-corrected chi connectivity index (χ2v) is 3.73. The lowest BCUT2D eigenvalue weighted by Crippen LogP contribution is -1.88. The normalized spacial score (nSPS) is 10.2. The van der Waals surface area contributed by atoms with Crippen LogP contribution >= 0.6 is 11.6 Å². The van der Waals surface area contributed by atoms with E-state index in [-0.39, 0.29) is 5.75 Å². The monoisotopic (exact) mass is 219 g/mol. The number of rotatable bonds is 2. The smallest absolute Gasteiger partial charge is 0.134 e. The molecule has 1 N–H and O–H groups in total. The summed E-state index contributed by atoms with van der Waals surface area (Å²) in [5.41, 5.74) is 2.25. The van der Waals surface area contributed by atoms with Crippen molar-refractivity contribution in [3.05, 3.63) is 58.9 Å². The van der Waals surface area contributed by atoms with E-state index in [9.17, 15) is 5.11 Å². The van der Waals surface area contributed by atoms with Crippen LogP contribution in [0, 0.1) is 0 Å². The molecular formula is C12H10ClNO. The van der Waals surface area contributed by atoms with Crippen molar-refractivity contribution in [3.8, 4) is 5.75 Å². The number of aromatic nitrogens is 1. The van der Waals surface area contributed by atoms with Crippen LogP contribution in [0.5, 0.6) is 5.75 Å². The number of pyridine rings is 1. The van der Waals surface area contributed by atoms with Crippen LogP contribution in [0.25, 0.3) is 0 Å². The highest BCUT2D eigenvalue weighted by Gasteiger charge is 2.00. The molecule has 0 aliphatic carbocycles. The molecule has 15 heavy (non-hydrogen) atoms. The molecular weight excluding hydrogens is 210 g/mol. The van der Waals surface area contributed by atoms with Crippen molar-refractivity contribution in [1.29, 1.82) is 0 Å².